The van der Waals surface area contributed by atoms with Crippen LogP contribution >= 0.6 is 11.6 Å². The second-order valence-corrected chi connectivity index (χ2v) is 6.20. The maximum Gasteiger partial charge on any atom is 0.270 e. The molecule has 1 aliphatic rings. The van der Waals surface area contributed by atoms with Crippen LogP contribution in [-0.4, -0.2) is 40.1 Å². The Hall–Kier alpha value is -1.88. The number of nitrogens with zero attached hydrogens (tertiary/aromatic N) is 2. The first-order chi connectivity index (χ1) is 11.0. The molecule has 0 saturated carbocycles. The van der Waals surface area contributed by atoms with E-state index in [0.29, 0.717) is 44.0 Å². The number of aryl methyl sites for hydroxylation is 1. The summed E-state index contributed by atoms with van der Waals surface area (Å²) in [5.74, 6) is 0.00180. The van der Waals surface area contributed by atoms with Gasteiger partial charge in [-0.15, -0.1) is 11.6 Å². The molecule has 1 amide bonds. The Balaban J connectivity index is 2.08. The number of amides is 1. The van der Waals surface area contributed by atoms with Crippen LogP contribution in [0.5, 0.6) is 0 Å². The fraction of sp³-hybridized carbons (Fsp3) is 0.412. The minimum atomic E-state index is -0.322. The van der Waals surface area contributed by atoms with E-state index in [1.165, 1.54) is 19.1 Å². The number of fused-ring (bicyclic) bond motifs is 3. The van der Waals surface area contributed by atoms with Gasteiger partial charge in [0.25, 0.3) is 5.91 Å². The molecule has 0 saturated heterocycles. The minimum Gasteiger partial charge on any atom is -0.335 e. The van der Waals surface area contributed by atoms with Crippen molar-refractivity contribution < 1.29 is 14.0 Å². The van der Waals surface area contributed by atoms with Gasteiger partial charge in [0, 0.05) is 42.8 Å². The fourth-order valence-electron chi connectivity index (χ4n) is 3.20. The van der Waals surface area contributed by atoms with E-state index < -0.39 is 0 Å². The zero-order chi connectivity index (χ0) is 16.6. The third-order valence-corrected chi connectivity index (χ3v) is 4.48. The van der Waals surface area contributed by atoms with Crippen molar-refractivity contribution in [3.05, 3.63) is 35.3 Å². The van der Waals surface area contributed by atoms with Gasteiger partial charge in [0.05, 0.1) is 0 Å². The van der Waals surface area contributed by atoms with Gasteiger partial charge in [0.15, 0.2) is 0 Å². The maximum absolute atomic E-state index is 13.6. The number of carbonyl (C=O) groups excluding carboxylic acids is 2. The summed E-state index contributed by atoms with van der Waals surface area (Å²) in [7, 11) is 0. The Morgan fingerprint density at radius 2 is 2.13 bits per heavy atom. The number of aromatic nitrogens is 1. The number of halogens is 2. The fourth-order valence-corrected chi connectivity index (χ4v) is 3.39. The molecule has 2 aromatic rings. The highest BCUT2D eigenvalue weighted by Crippen LogP contribution is 2.31. The molecule has 0 spiro atoms. The van der Waals surface area contributed by atoms with Gasteiger partial charge in [-0.3, -0.25) is 9.59 Å². The molecule has 0 unspecified atom stereocenters. The summed E-state index contributed by atoms with van der Waals surface area (Å²) in [4.78, 5) is 25.7. The Labute approximate surface area is 138 Å². The average molecular weight is 337 g/mol. The van der Waals surface area contributed by atoms with Crippen molar-refractivity contribution in [1.29, 1.82) is 0 Å². The van der Waals surface area contributed by atoms with Crippen molar-refractivity contribution in [3.8, 4) is 0 Å². The molecule has 3 rings (SSSR count). The molecular formula is C17H18ClFN2O2. The number of ketones is 1. The van der Waals surface area contributed by atoms with E-state index in [1.807, 2.05) is 4.57 Å². The van der Waals surface area contributed by atoms with Gasteiger partial charge in [0.1, 0.15) is 17.3 Å². The Morgan fingerprint density at radius 3 is 2.83 bits per heavy atom. The number of carbonyl (C=O) groups is 2. The van der Waals surface area contributed by atoms with Crippen molar-refractivity contribution in [2.24, 2.45) is 0 Å². The van der Waals surface area contributed by atoms with E-state index >= 15 is 0 Å². The lowest BCUT2D eigenvalue weighted by Crippen LogP contribution is -2.41. The number of alkyl halides is 1. The molecule has 4 nitrogen and oxygen atoms in total. The number of rotatable bonds is 5. The highest BCUT2D eigenvalue weighted by molar-refractivity contribution is 6.18. The summed E-state index contributed by atoms with van der Waals surface area (Å²) in [6, 6.07) is 4.59. The van der Waals surface area contributed by atoms with Crippen LogP contribution in [0.25, 0.3) is 10.9 Å². The molecular weight excluding hydrogens is 319 g/mol. The second-order valence-electron chi connectivity index (χ2n) is 5.82. The second kappa shape index (κ2) is 6.32. The normalized spacial score (nSPS) is 14.4. The Bertz CT molecular complexity index is 784. The number of benzene rings is 1. The molecule has 23 heavy (non-hydrogen) atoms. The standard InChI is InChI=1S/C17H18ClFN2O2/c1-11(22)5-7-20-8-9-21-15-3-2-12(19)10-14(15)13(4-6-18)16(21)17(20)23/h2-3,10H,4-9H2,1H3. The third-order valence-electron chi connectivity index (χ3n) is 4.29. The lowest BCUT2D eigenvalue weighted by molar-refractivity contribution is -0.117. The smallest absolute Gasteiger partial charge is 0.270 e. The van der Waals surface area contributed by atoms with Crippen LogP contribution < -0.4 is 0 Å². The summed E-state index contributed by atoms with van der Waals surface area (Å²) in [5, 5.41) is 0.752. The molecule has 0 radical (unpaired) electrons. The maximum atomic E-state index is 13.6. The molecule has 122 valence electrons. The summed E-state index contributed by atoms with van der Waals surface area (Å²) < 4.78 is 15.6. The molecule has 0 fully saturated rings. The van der Waals surface area contributed by atoms with Crippen LogP contribution in [-0.2, 0) is 17.8 Å². The van der Waals surface area contributed by atoms with Gasteiger partial charge < -0.3 is 9.47 Å². The van der Waals surface area contributed by atoms with Crippen LogP contribution in [0.1, 0.15) is 29.4 Å². The van der Waals surface area contributed by atoms with Crippen molar-refractivity contribution in [1.82, 2.24) is 9.47 Å². The molecule has 0 N–H and O–H groups in total. The van der Waals surface area contributed by atoms with Crippen molar-refractivity contribution in [2.45, 2.75) is 26.3 Å². The summed E-state index contributed by atoms with van der Waals surface area (Å²) in [6.07, 6.45) is 0.863. The van der Waals surface area contributed by atoms with Crippen molar-refractivity contribution in [2.75, 3.05) is 19.0 Å². The predicted molar refractivity (Wildman–Crippen MR) is 87.5 cm³/mol. The van der Waals surface area contributed by atoms with Crippen LogP contribution in [0.15, 0.2) is 18.2 Å². The molecule has 0 atom stereocenters. The zero-order valence-electron chi connectivity index (χ0n) is 12.9. The summed E-state index contributed by atoms with van der Waals surface area (Å²) in [5.41, 5.74) is 2.24. The van der Waals surface area contributed by atoms with Crippen molar-refractivity contribution in [3.63, 3.8) is 0 Å². The predicted octanol–water partition coefficient (Wildman–Crippen LogP) is 3.00. The molecule has 0 aliphatic carbocycles. The van der Waals surface area contributed by atoms with Gasteiger partial charge in [-0.05, 0) is 37.1 Å². The lowest BCUT2D eigenvalue weighted by Gasteiger charge is -2.29. The number of Topliss-reactive ketones (excluding diaryl/α,β-unsaturated/α-hetero) is 1. The first-order valence-electron chi connectivity index (χ1n) is 7.68. The lowest BCUT2D eigenvalue weighted by atomic mass is 10.1. The summed E-state index contributed by atoms with van der Waals surface area (Å²) >= 11 is 5.89. The van der Waals surface area contributed by atoms with E-state index in [1.54, 1.807) is 11.0 Å². The monoisotopic (exact) mass is 336 g/mol. The first-order valence-corrected chi connectivity index (χ1v) is 8.21. The largest absolute Gasteiger partial charge is 0.335 e. The van der Waals surface area contributed by atoms with Crippen molar-refractivity contribution >= 4 is 34.2 Å². The van der Waals surface area contributed by atoms with E-state index in [-0.39, 0.29) is 17.5 Å². The minimum absolute atomic E-state index is 0.0620. The quantitative estimate of drug-likeness (QED) is 0.788. The zero-order valence-corrected chi connectivity index (χ0v) is 13.7. The van der Waals surface area contributed by atoms with Gasteiger partial charge >= 0.3 is 0 Å². The van der Waals surface area contributed by atoms with Crippen LogP contribution in [0.3, 0.4) is 0 Å². The van der Waals surface area contributed by atoms with Gasteiger partial charge in [-0.1, -0.05) is 0 Å². The highest BCUT2D eigenvalue weighted by Gasteiger charge is 2.30. The number of hydrogen-bond acceptors (Lipinski definition) is 2. The van der Waals surface area contributed by atoms with Gasteiger partial charge in [0.2, 0.25) is 0 Å². The van der Waals surface area contributed by atoms with Crippen LogP contribution in [0.4, 0.5) is 4.39 Å². The molecule has 2 heterocycles. The van der Waals surface area contributed by atoms with E-state index in [4.69, 9.17) is 11.6 Å². The molecule has 0 bridgehead atoms. The Kier molecular flexibility index (Phi) is 4.39. The summed E-state index contributed by atoms with van der Waals surface area (Å²) in [6.45, 7) is 3.14. The molecule has 6 heteroatoms. The van der Waals surface area contributed by atoms with Gasteiger partial charge in [-0.2, -0.15) is 0 Å². The molecule has 1 aromatic carbocycles. The van der Waals surface area contributed by atoms with E-state index in [2.05, 4.69) is 0 Å². The topological polar surface area (TPSA) is 42.3 Å². The molecule has 1 aliphatic heterocycles. The third kappa shape index (κ3) is 2.85. The number of hydrogen-bond donors (Lipinski definition) is 0. The van der Waals surface area contributed by atoms with Crippen LogP contribution in [0, 0.1) is 5.82 Å². The molecule has 1 aromatic heterocycles. The van der Waals surface area contributed by atoms with E-state index in [0.717, 1.165) is 16.5 Å². The highest BCUT2D eigenvalue weighted by atomic mass is 35.5. The SMILES string of the molecule is CC(=O)CCN1CCn2c(c(CCCl)c3cc(F)ccc32)C1=O. The van der Waals surface area contributed by atoms with Crippen LogP contribution in [0.2, 0.25) is 0 Å². The van der Waals surface area contributed by atoms with Gasteiger partial charge in [-0.25, -0.2) is 4.39 Å². The Morgan fingerprint density at radius 1 is 1.35 bits per heavy atom. The van der Waals surface area contributed by atoms with E-state index in [9.17, 15) is 14.0 Å². The first kappa shape index (κ1) is 16.0. The average Bonchev–Trinajstić information content (AvgIpc) is 2.81.